The fraction of sp³-hybridized carbons (Fsp3) is 0.857. The van der Waals surface area contributed by atoms with Gasteiger partial charge in [-0.15, -0.1) is 6.42 Å². The van der Waals surface area contributed by atoms with E-state index in [1.807, 2.05) is 0 Å². The first kappa shape index (κ1) is 13.5. The molecule has 1 N–H and O–H groups in total. The Kier molecular flexibility index (Phi) is 5.31. The molecule has 0 saturated heterocycles. The molecule has 0 spiro atoms. The SMILES string of the molecule is C#CCN(CC1CC1)CC(C)(C)CNCC. The predicted octanol–water partition coefficient (Wildman–Crippen LogP) is 1.97. The van der Waals surface area contributed by atoms with Gasteiger partial charge in [0.1, 0.15) is 0 Å². The van der Waals surface area contributed by atoms with Crippen LogP contribution in [0.2, 0.25) is 0 Å². The van der Waals surface area contributed by atoms with Gasteiger partial charge in [-0.05, 0) is 30.7 Å². The van der Waals surface area contributed by atoms with Gasteiger partial charge in [0.05, 0.1) is 6.54 Å². The maximum atomic E-state index is 5.44. The van der Waals surface area contributed by atoms with E-state index >= 15 is 0 Å². The lowest BCUT2D eigenvalue weighted by atomic mass is 9.92. The summed E-state index contributed by atoms with van der Waals surface area (Å²) < 4.78 is 0. The van der Waals surface area contributed by atoms with Crippen molar-refractivity contribution >= 4 is 0 Å². The monoisotopic (exact) mass is 222 g/mol. The van der Waals surface area contributed by atoms with Gasteiger partial charge in [0.25, 0.3) is 0 Å². The summed E-state index contributed by atoms with van der Waals surface area (Å²) in [5.74, 6) is 3.70. The Morgan fingerprint density at radius 3 is 2.62 bits per heavy atom. The van der Waals surface area contributed by atoms with Gasteiger partial charge in [0.2, 0.25) is 0 Å². The summed E-state index contributed by atoms with van der Waals surface area (Å²) in [6.45, 7) is 12.0. The molecule has 1 fully saturated rings. The van der Waals surface area contributed by atoms with Crippen LogP contribution in [0.15, 0.2) is 0 Å². The van der Waals surface area contributed by atoms with E-state index in [2.05, 4.69) is 36.9 Å². The average Bonchev–Trinajstić information content (AvgIpc) is 2.98. The summed E-state index contributed by atoms with van der Waals surface area (Å²) in [4.78, 5) is 2.44. The second-order valence-electron chi connectivity index (χ2n) is 5.76. The van der Waals surface area contributed by atoms with Gasteiger partial charge >= 0.3 is 0 Å². The number of rotatable bonds is 8. The third-order valence-corrected chi connectivity index (χ3v) is 3.03. The van der Waals surface area contributed by atoms with Crippen LogP contribution in [0.3, 0.4) is 0 Å². The van der Waals surface area contributed by atoms with E-state index in [0.29, 0.717) is 5.41 Å². The maximum absolute atomic E-state index is 5.44. The molecule has 2 nitrogen and oxygen atoms in total. The first-order valence-corrected chi connectivity index (χ1v) is 6.44. The van der Waals surface area contributed by atoms with Crippen molar-refractivity contribution in [3.05, 3.63) is 0 Å². The highest BCUT2D eigenvalue weighted by molar-refractivity contribution is 4.92. The van der Waals surface area contributed by atoms with Crippen LogP contribution in [0.4, 0.5) is 0 Å². The summed E-state index contributed by atoms with van der Waals surface area (Å²) in [7, 11) is 0. The Labute approximate surface area is 101 Å². The second-order valence-corrected chi connectivity index (χ2v) is 5.76. The van der Waals surface area contributed by atoms with E-state index in [1.165, 1.54) is 19.4 Å². The zero-order valence-corrected chi connectivity index (χ0v) is 11.1. The fourth-order valence-corrected chi connectivity index (χ4v) is 2.10. The Balaban J connectivity index is 2.35. The van der Waals surface area contributed by atoms with E-state index in [-0.39, 0.29) is 0 Å². The Hall–Kier alpha value is -0.520. The van der Waals surface area contributed by atoms with Gasteiger partial charge < -0.3 is 5.32 Å². The molecule has 16 heavy (non-hydrogen) atoms. The van der Waals surface area contributed by atoms with Crippen LogP contribution in [0, 0.1) is 23.7 Å². The van der Waals surface area contributed by atoms with Crippen LogP contribution >= 0.6 is 0 Å². The molecule has 1 aliphatic rings. The molecule has 0 bridgehead atoms. The number of terminal acetylenes is 1. The van der Waals surface area contributed by atoms with E-state index < -0.39 is 0 Å². The molecule has 0 amide bonds. The number of nitrogens with zero attached hydrogens (tertiary/aromatic N) is 1. The van der Waals surface area contributed by atoms with Crippen molar-refractivity contribution in [2.75, 3.05) is 32.7 Å². The molecule has 0 aromatic rings. The Morgan fingerprint density at radius 2 is 2.12 bits per heavy atom. The minimum Gasteiger partial charge on any atom is -0.316 e. The van der Waals surface area contributed by atoms with E-state index in [0.717, 1.165) is 32.1 Å². The van der Waals surface area contributed by atoms with E-state index in [4.69, 9.17) is 6.42 Å². The van der Waals surface area contributed by atoms with Crippen molar-refractivity contribution in [1.82, 2.24) is 10.2 Å². The van der Waals surface area contributed by atoms with Gasteiger partial charge in [0.15, 0.2) is 0 Å². The Morgan fingerprint density at radius 1 is 1.44 bits per heavy atom. The molecule has 1 rings (SSSR count). The van der Waals surface area contributed by atoms with Crippen LogP contribution in [-0.2, 0) is 0 Å². The largest absolute Gasteiger partial charge is 0.316 e. The standard InChI is InChI=1S/C14H26N2/c1-5-9-16(10-13-7-8-13)12-14(3,4)11-15-6-2/h1,13,15H,6-12H2,2-4H3. The molecule has 0 atom stereocenters. The summed E-state index contributed by atoms with van der Waals surface area (Å²) in [5, 5.41) is 3.43. The zero-order chi connectivity index (χ0) is 12.0. The lowest BCUT2D eigenvalue weighted by molar-refractivity contribution is 0.185. The molecular formula is C14H26N2. The number of hydrogen-bond donors (Lipinski definition) is 1. The lowest BCUT2D eigenvalue weighted by Crippen LogP contribution is -2.41. The molecule has 0 heterocycles. The topological polar surface area (TPSA) is 15.3 Å². The highest BCUT2D eigenvalue weighted by Crippen LogP contribution is 2.30. The molecule has 0 aliphatic heterocycles. The first-order valence-electron chi connectivity index (χ1n) is 6.44. The number of hydrogen-bond acceptors (Lipinski definition) is 2. The molecule has 0 aromatic carbocycles. The van der Waals surface area contributed by atoms with Gasteiger partial charge in [-0.3, -0.25) is 4.90 Å². The van der Waals surface area contributed by atoms with Gasteiger partial charge in [0, 0.05) is 19.6 Å². The van der Waals surface area contributed by atoms with Crippen molar-refractivity contribution in [3.63, 3.8) is 0 Å². The minimum atomic E-state index is 0.307. The third-order valence-electron chi connectivity index (χ3n) is 3.03. The second kappa shape index (κ2) is 6.27. The molecule has 0 radical (unpaired) electrons. The summed E-state index contributed by atoms with van der Waals surface area (Å²) >= 11 is 0. The minimum absolute atomic E-state index is 0.307. The smallest absolute Gasteiger partial charge is 0.0599 e. The van der Waals surface area contributed by atoms with Gasteiger partial charge in [-0.25, -0.2) is 0 Å². The van der Waals surface area contributed by atoms with Crippen molar-refractivity contribution in [2.24, 2.45) is 11.3 Å². The molecule has 0 unspecified atom stereocenters. The molecular weight excluding hydrogens is 196 g/mol. The van der Waals surface area contributed by atoms with Crippen molar-refractivity contribution in [3.8, 4) is 12.3 Å². The van der Waals surface area contributed by atoms with E-state index in [9.17, 15) is 0 Å². The van der Waals surface area contributed by atoms with Crippen LogP contribution in [0.5, 0.6) is 0 Å². The zero-order valence-electron chi connectivity index (χ0n) is 11.1. The average molecular weight is 222 g/mol. The Bertz CT molecular complexity index is 236. The summed E-state index contributed by atoms with van der Waals surface area (Å²) in [6, 6.07) is 0. The van der Waals surface area contributed by atoms with Crippen LogP contribution in [-0.4, -0.2) is 37.6 Å². The van der Waals surface area contributed by atoms with Gasteiger partial charge in [-0.1, -0.05) is 26.7 Å². The van der Waals surface area contributed by atoms with Crippen molar-refractivity contribution in [1.29, 1.82) is 0 Å². The van der Waals surface area contributed by atoms with Gasteiger partial charge in [-0.2, -0.15) is 0 Å². The molecule has 1 saturated carbocycles. The summed E-state index contributed by atoms with van der Waals surface area (Å²) in [5.41, 5.74) is 0.307. The van der Waals surface area contributed by atoms with E-state index in [1.54, 1.807) is 0 Å². The molecule has 92 valence electrons. The van der Waals surface area contributed by atoms with Crippen molar-refractivity contribution in [2.45, 2.75) is 33.6 Å². The number of nitrogens with one attached hydrogen (secondary N) is 1. The van der Waals surface area contributed by atoms with Crippen molar-refractivity contribution < 1.29 is 0 Å². The van der Waals surface area contributed by atoms with Crippen LogP contribution in [0.1, 0.15) is 33.6 Å². The highest BCUT2D eigenvalue weighted by atomic mass is 15.1. The first-order chi connectivity index (χ1) is 7.57. The van der Waals surface area contributed by atoms with Crippen LogP contribution in [0.25, 0.3) is 0 Å². The van der Waals surface area contributed by atoms with Crippen LogP contribution < -0.4 is 5.32 Å². The lowest BCUT2D eigenvalue weighted by Gasteiger charge is -2.32. The fourth-order valence-electron chi connectivity index (χ4n) is 2.10. The summed E-state index contributed by atoms with van der Waals surface area (Å²) in [6.07, 6.45) is 8.23. The predicted molar refractivity (Wildman–Crippen MR) is 70.3 cm³/mol. The molecule has 1 aliphatic carbocycles. The highest BCUT2D eigenvalue weighted by Gasteiger charge is 2.27. The third kappa shape index (κ3) is 5.53. The maximum Gasteiger partial charge on any atom is 0.0599 e. The molecule has 2 heteroatoms. The molecule has 0 aromatic heterocycles. The normalized spacial score (nSPS) is 16.4. The quantitative estimate of drug-likeness (QED) is 0.632.